The molecule has 1 aromatic carbocycles. The Morgan fingerprint density at radius 2 is 1.62 bits per heavy atom. The van der Waals surface area contributed by atoms with E-state index in [2.05, 4.69) is 20.8 Å². The minimum Gasteiger partial charge on any atom is -0.508 e. The topological polar surface area (TPSA) is 20.2 Å². The summed E-state index contributed by atoms with van der Waals surface area (Å²) in [4.78, 5) is 0. The molecule has 1 N–H and O–H groups in total. The zero-order chi connectivity index (χ0) is 10.2. The molecule has 0 fully saturated rings. The molecule has 0 saturated heterocycles. The predicted octanol–water partition coefficient (Wildman–Crippen LogP) is 3.44. The smallest absolute Gasteiger partial charge is 0.119 e. The number of rotatable bonds is 1. The molecular weight excluding hydrogens is 160 g/mol. The molecule has 0 aliphatic carbocycles. The van der Waals surface area contributed by atoms with Gasteiger partial charge in [-0.3, -0.25) is 0 Å². The Morgan fingerprint density at radius 1 is 1.08 bits per heavy atom. The average Bonchev–Trinajstić information content (AvgIpc) is 2.01. The number of phenols is 1. The van der Waals surface area contributed by atoms with Gasteiger partial charge in [0.25, 0.3) is 0 Å². The highest BCUT2D eigenvalue weighted by atomic mass is 16.3. The fourth-order valence-corrected chi connectivity index (χ4v) is 1.92. The molecule has 13 heavy (non-hydrogen) atoms. The summed E-state index contributed by atoms with van der Waals surface area (Å²) in [6, 6.07) is 1.84. The third-order valence-corrected chi connectivity index (χ3v) is 2.71. The summed E-state index contributed by atoms with van der Waals surface area (Å²) >= 11 is 0. The first-order valence-corrected chi connectivity index (χ1v) is 4.74. The van der Waals surface area contributed by atoms with Gasteiger partial charge in [0.1, 0.15) is 5.75 Å². The van der Waals surface area contributed by atoms with Gasteiger partial charge in [0.05, 0.1) is 0 Å². The molecule has 0 aliphatic rings. The Kier molecular flexibility index (Phi) is 2.65. The largest absolute Gasteiger partial charge is 0.508 e. The minimum absolute atomic E-state index is 0.423. The van der Waals surface area contributed by atoms with Gasteiger partial charge in [-0.15, -0.1) is 0 Å². The maximum Gasteiger partial charge on any atom is 0.119 e. The maximum absolute atomic E-state index is 9.65. The van der Waals surface area contributed by atoms with Crippen LogP contribution in [0.5, 0.6) is 5.75 Å². The molecule has 0 bridgehead atoms. The molecule has 1 aromatic rings. The van der Waals surface area contributed by atoms with Crippen molar-refractivity contribution >= 4 is 0 Å². The lowest BCUT2D eigenvalue weighted by molar-refractivity contribution is 0.468. The molecule has 1 heteroatoms. The second-order valence-corrected chi connectivity index (χ2v) is 4.03. The Hall–Kier alpha value is -0.980. The van der Waals surface area contributed by atoms with E-state index in [1.807, 2.05) is 19.9 Å². The summed E-state index contributed by atoms with van der Waals surface area (Å²) in [7, 11) is 0. The summed E-state index contributed by atoms with van der Waals surface area (Å²) in [5.74, 6) is 0.901. The van der Waals surface area contributed by atoms with Crippen LogP contribution in [0.4, 0.5) is 0 Å². The third kappa shape index (κ3) is 1.69. The van der Waals surface area contributed by atoms with Crippen LogP contribution < -0.4 is 0 Å². The molecule has 72 valence electrons. The van der Waals surface area contributed by atoms with Crippen molar-refractivity contribution in [3.63, 3.8) is 0 Å². The molecule has 0 unspecified atom stereocenters. The number of phenolic OH excluding ortho intramolecular Hbond substituents is 1. The van der Waals surface area contributed by atoms with Crippen molar-refractivity contribution < 1.29 is 5.11 Å². The van der Waals surface area contributed by atoms with Crippen LogP contribution in [-0.2, 0) is 0 Å². The Morgan fingerprint density at radius 3 is 2.08 bits per heavy atom. The predicted molar refractivity (Wildman–Crippen MR) is 56.4 cm³/mol. The van der Waals surface area contributed by atoms with E-state index in [1.54, 1.807) is 0 Å². The molecule has 0 heterocycles. The van der Waals surface area contributed by atoms with Crippen LogP contribution in [0.15, 0.2) is 6.07 Å². The number of aromatic hydroxyl groups is 1. The van der Waals surface area contributed by atoms with Crippen LogP contribution in [0, 0.1) is 20.8 Å². The van der Waals surface area contributed by atoms with Crippen molar-refractivity contribution in [1.29, 1.82) is 0 Å². The summed E-state index contributed by atoms with van der Waals surface area (Å²) < 4.78 is 0. The van der Waals surface area contributed by atoms with Gasteiger partial charge >= 0.3 is 0 Å². The number of aryl methyl sites for hydroxylation is 1. The van der Waals surface area contributed by atoms with Crippen LogP contribution in [-0.4, -0.2) is 5.11 Å². The molecule has 0 atom stereocenters. The number of hydrogen-bond donors (Lipinski definition) is 1. The quantitative estimate of drug-likeness (QED) is 0.698. The molecule has 0 aliphatic heterocycles. The van der Waals surface area contributed by atoms with Gasteiger partial charge in [-0.25, -0.2) is 0 Å². The van der Waals surface area contributed by atoms with E-state index < -0.39 is 0 Å². The molecule has 1 nitrogen and oxygen atoms in total. The molecule has 0 saturated carbocycles. The van der Waals surface area contributed by atoms with Crippen molar-refractivity contribution in [2.45, 2.75) is 40.5 Å². The first kappa shape index (κ1) is 10.1. The lowest BCUT2D eigenvalue weighted by atomic mass is 9.90. The normalized spacial score (nSPS) is 10.9. The molecular formula is C12H18O. The standard InChI is InChI=1S/C12H18O/c1-7(2)12-9(4)8(3)6-11(13)10(12)5/h6-7,13H,1-5H3. The highest BCUT2D eigenvalue weighted by Crippen LogP contribution is 2.31. The lowest BCUT2D eigenvalue weighted by Gasteiger charge is -2.16. The third-order valence-electron chi connectivity index (χ3n) is 2.71. The first-order valence-electron chi connectivity index (χ1n) is 4.74. The van der Waals surface area contributed by atoms with Gasteiger partial charge < -0.3 is 5.11 Å². The minimum atomic E-state index is 0.423. The summed E-state index contributed by atoms with van der Waals surface area (Å²) in [6.45, 7) is 10.5. The van der Waals surface area contributed by atoms with E-state index in [0.29, 0.717) is 11.7 Å². The van der Waals surface area contributed by atoms with Gasteiger partial charge in [-0.1, -0.05) is 13.8 Å². The Balaban J connectivity index is 3.46. The lowest BCUT2D eigenvalue weighted by Crippen LogP contribution is -1.98. The average molecular weight is 178 g/mol. The van der Waals surface area contributed by atoms with Gasteiger partial charge in [0, 0.05) is 0 Å². The zero-order valence-corrected chi connectivity index (χ0v) is 9.10. The molecule has 0 radical (unpaired) electrons. The van der Waals surface area contributed by atoms with Crippen LogP contribution in [0.25, 0.3) is 0 Å². The maximum atomic E-state index is 9.65. The Labute approximate surface area is 80.4 Å². The van der Waals surface area contributed by atoms with Gasteiger partial charge in [-0.05, 0) is 55.0 Å². The first-order chi connectivity index (χ1) is 5.95. The molecule has 0 amide bonds. The Bertz CT molecular complexity index is 298. The van der Waals surface area contributed by atoms with E-state index in [0.717, 1.165) is 5.56 Å². The van der Waals surface area contributed by atoms with Gasteiger partial charge in [0.2, 0.25) is 0 Å². The second-order valence-electron chi connectivity index (χ2n) is 4.03. The summed E-state index contributed by atoms with van der Waals surface area (Å²) in [6.07, 6.45) is 0. The fraction of sp³-hybridized carbons (Fsp3) is 0.500. The number of benzene rings is 1. The van der Waals surface area contributed by atoms with Crippen LogP contribution >= 0.6 is 0 Å². The van der Waals surface area contributed by atoms with Crippen molar-refractivity contribution in [3.05, 3.63) is 28.3 Å². The van der Waals surface area contributed by atoms with Crippen molar-refractivity contribution in [2.24, 2.45) is 0 Å². The monoisotopic (exact) mass is 178 g/mol. The summed E-state index contributed by atoms with van der Waals surface area (Å²) in [5, 5.41) is 9.65. The van der Waals surface area contributed by atoms with E-state index in [4.69, 9.17) is 0 Å². The number of hydrogen-bond acceptors (Lipinski definition) is 1. The van der Waals surface area contributed by atoms with Crippen molar-refractivity contribution in [1.82, 2.24) is 0 Å². The molecule has 0 spiro atoms. The zero-order valence-electron chi connectivity index (χ0n) is 9.10. The van der Waals surface area contributed by atoms with E-state index in [-0.39, 0.29) is 0 Å². The highest BCUT2D eigenvalue weighted by Gasteiger charge is 2.12. The van der Waals surface area contributed by atoms with Crippen molar-refractivity contribution in [3.8, 4) is 5.75 Å². The van der Waals surface area contributed by atoms with Crippen LogP contribution in [0.3, 0.4) is 0 Å². The van der Waals surface area contributed by atoms with E-state index in [1.165, 1.54) is 16.7 Å². The van der Waals surface area contributed by atoms with Gasteiger partial charge in [0.15, 0.2) is 0 Å². The van der Waals surface area contributed by atoms with E-state index >= 15 is 0 Å². The molecule has 0 aromatic heterocycles. The SMILES string of the molecule is Cc1cc(O)c(C)c(C(C)C)c1C. The van der Waals surface area contributed by atoms with Crippen LogP contribution in [0.2, 0.25) is 0 Å². The fourth-order valence-electron chi connectivity index (χ4n) is 1.92. The second kappa shape index (κ2) is 3.41. The van der Waals surface area contributed by atoms with E-state index in [9.17, 15) is 5.11 Å². The van der Waals surface area contributed by atoms with Crippen LogP contribution in [0.1, 0.15) is 42.0 Å². The molecule has 1 rings (SSSR count). The van der Waals surface area contributed by atoms with Crippen molar-refractivity contribution in [2.75, 3.05) is 0 Å². The van der Waals surface area contributed by atoms with Gasteiger partial charge in [-0.2, -0.15) is 0 Å². The summed E-state index contributed by atoms with van der Waals surface area (Å²) in [5.41, 5.74) is 4.80. The highest BCUT2D eigenvalue weighted by molar-refractivity contribution is 5.48.